The number of urea groups is 1. The highest BCUT2D eigenvalue weighted by atomic mass is 16.3. The summed E-state index contributed by atoms with van der Waals surface area (Å²) in [6, 6.07) is 7.94. The Morgan fingerprint density at radius 1 is 1.14 bits per heavy atom. The summed E-state index contributed by atoms with van der Waals surface area (Å²) in [4.78, 5) is 12.8. The van der Waals surface area contributed by atoms with Crippen LogP contribution in [-0.2, 0) is 0 Å². The molecule has 2 amide bonds. The fraction of sp³-hybridized carbons (Fsp3) is 0.562. The number of nitrogens with one attached hydrogen (secondary N) is 2. The Labute approximate surface area is 127 Å². The molecule has 0 bridgehead atoms. The normalized spacial score (nSPS) is 12.3. The number of carbonyl (C=O) groups is 1. The monoisotopic (exact) mass is 293 g/mol. The number of amides is 2. The first-order valence-corrected chi connectivity index (χ1v) is 7.35. The van der Waals surface area contributed by atoms with Gasteiger partial charge in [0, 0.05) is 33.7 Å². The van der Waals surface area contributed by atoms with Crippen LogP contribution in [-0.4, -0.2) is 49.8 Å². The van der Waals surface area contributed by atoms with Gasteiger partial charge in [0.2, 0.25) is 0 Å². The molecule has 0 saturated carbocycles. The zero-order chi connectivity index (χ0) is 15.8. The van der Waals surface area contributed by atoms with Crippen LogP contribution >= 0.6 is 0 Å². The van der Waals surface area contributed by atoms with Crippen molar-refractivity contribution < 1.29 is 9.90 Å². The molecule has 0 fully saturated rings. The molecule has 0 radical (unpaired) electrons. The largest absolute Gasteiger partial charge is 0.387 e. The maximum atomic E-state index is 11.3. The van der Waals surface area contributed by atoms with E-state index in [0.29, 0.717) is 25.6 Å². The number of aliphatic hydroxyl groups excluding tert-OH is 1. The Morgan fingerprint density at radius 3 is 2.24 bits per heavy atom. The Hall–Kier alpha value is -1.59. The van der Waals surface area contributed by atoms with E-state index in [2.05, 4.69) is 36.6 Å². The molecule has 0 heterocycles. The SMILES string of the molecule is CC(C)c1ccc(C(O)CNCCNC(=O)N(C)C)cc1. The molecule has 1 unspecified atom stereocenters. The Balaban J connectivity index is 2.27. The van der Waals surface area contributed by atoms with Crippen molar-refractivity contribution in [3.8, 4) is 0 Å². The lowest BCUT2D eigenvalue weighted by Crippen LogP contribution is -2.39. The van der Waals surface area contributed by atoms with Gasteiger partial charge in [0.25, 0.3) is 0 Å². The van der Waals surface area contributed by atoms with Crippen LogP contribution in [0.15, 0.2) is 24.3 Å². The minimum Gasteiger partial charge on any atom is -0.387 e. The van der Waals surface area contributed by atoms with Gasteiger partial charge in [0.15, 0.2) is 0 Å². The molecule has 1 rings (SSSR count). The van der Waals surface area contributed by atoms with Crippen LogP contribution in [0.4, 0.5) is 4.79 Å². The number of rotatable bonds is 7. The number of hydrogen-bond acceptors (Lipinski definition) is 3. The average Bonchev–Trinajstić information content (AvgIpc) is 2.46. The zero-order valence-corrected chi connectivity index (χ0v) is 13.4. The molecule has 0 aliphatic heterocycles. The molecule has 0 spiro atoms. The van der Waals surface area contributed by atoms with Crippen LogP contribution in [0, 0.1) is 0 Å². The van der Waals surface area contributed by atoms with Crippen molar-refractivity contribution in [3.63, 3.8) is 0 Å². The lowest BCUT2D eigenvalue weighted by Gasteiger charge is -2.15. The number of hydrogen-bond donors (Lipinski definition) is 3. The molecule has 5 nitrogen and oxygen atoms in total. The van der Waals surface area contributed by atoms with Gasteiger partial charge in [-0.25, -0.2) is 4.79 Å². The van der Waals surface area contributed by atoms with E-state index in [4.69, 9.17) is 0 Å². The molecule has 118 valence electrons. The second-order valence-corrected chi connectivity index (χ2v) is 5.67. The van der Waals surface area contributed by atoms with Crippen molar-refractivity contribution in [3.05, 3.63) is 35.4 Å². The third-order valence-electron chi connectivity index (χ3n) is 3.31. The standard InChI is InChI=1S/C16H27N3O2/c1-12(2)13-5-7-14(8-6-13)15(20)11-17-9-10-18-16(21)19(3)4/h5-8,12,15,17,20H,9-11H2,1-4H3,(H,18,21). The van der Waals surface area contributed by atoms with Crippen molar-refractivity contribution in [2.45, 2.75) is 25.9 Å². The topological polar surface area (TPSA) is 64.6 Å². The van der Waals surface area contributed by atoms with E-state index < -0.39 is 6.10 Å². The third kappa shape index (κ3) is 6.14. The second-order valence-electron chi connectivity index (χ2n) is 5.67. The number of carbonyl (C=O) groups excluding carboxylic acids is 1. The maximum Gasteiger partial charge on any atom is 0.316 e. The van der Waals surface area contributed by atoms with Gasteiger partial charge in [-0.15, -0.1) is 0 Å². The van der Waals surface area contributed by atoms with Crippen LogP contribution in [0.2, 0.25) is 0 Å². The first-order valence-electron chi connectivity index (χ1n) is 7.35. The molecule has 5 heteroatoms. The molecule has 1 aromatic rings. The van der Waals surface area contributed by atoms with Gasteiger partial charge in [0.1, 0.15) is 0 Å². The van der Waals surface area contributed by atoms with Gasteiger partial charge in [0.05, 0.1) is 6.10 Å². The first-order chi connectivity index (χ1) is 9.91. The summed E-state index contributed by atoms with van der Waals surface area (Å²) < 4.78 is 0. The van der Waals surface area contributed by atoms with Gasteiger partial charge < -0.3 is 20.6 Å². The fourth-order valence-electron chi connectivity index (χ4n) is 1.88. The summed E-state index contributed by atoms with van der Waals surface area (Å²) in [5.74, 6) is 0.495. The highest BCUT2D eigenvalue weighted by Gasteiger charge is 2.08. The zero-order valence-electron chi connectivity index (χ0n) is 13.4. The predicted molar refractivity (Wildman–Crippen MR) is 85.4 cm³/mol. The Morgan fingerprint density at radius 2 is 1.71 bits per heavy atom. The number of nitrogens with zero attached hydrogens (tertiary/aromatic N) is 1. The third-order valence-corrected chi connectivity index (χ3v) is 3.31. The summed E-state index contributed by atoms with van der Waals surface area (Å²) in [5.41, 5.74) is 2.18. The number of benzene rings is 1. The number of aliphatic hydroxyl groups is 1. The van der Waals surface area contributed by atoms with E-state index in [-0.39, 0.29) is 6.03 Å². The predicted octanol–water partition coefficient (Wildman–Crippen LogP) is 1.70. The summed E-state index contributed by atoms with van der Waals surface area (Å²) in [7, 11) is 3.40. The molecule has 1 atom stereocenters. The van der Waals surface area contributed by atoms with E-state index in [0.717, 1.165) is 5.56 Å². The summed E-state index contributed by atoms with van der Waals surface area (Å²) in [5, 5.41) is 16.0. The highest BCUT2D eigenvalue weighted by Crippen LogP contribution is 2.18. The average molecular weight is 293 g/mol. The van der Waals surface area contributed by atoms with E-state index in [1.807, 2.05) is 12.1 Å². The van der Waals surface area contributed by atoms with Crippen molar-refractivity contribution in [1.29, 1.82) is 0 Å². The van der Waals surface area contributed by atoms with Crippen LogP contribution in [0.1, 0.15) is 37.0 Å². The lowest BCUT2D eigenvalue weighted by atomic mass is 10.00. The van der Waals surface area contributed by atoms with Crippen LogP contribution < -0.4 is 10.6 Å². The summed E-state index contributed by atoms with van der Waals surface area (Å²) in [6.45, 7) is 5.93. The van der Waals surface area contributed by atoms with Crippen LogP contribution in [0.3, 0.4) is 0 Å². The minimum absolute atomic E-state index is 0.110. The van der Waals surface area contributed by atoms with Crippen molar-refractivity contribution in [1.82, 2.24) is 15.5 Å². The molecule has 3 N–H and O–H groups in total. The van der Waals surface area contributed by atoms with E-state index >= 15 is 0 Å². The second kappa shape index (κ2) is 8.64. The molecule has 21 heavy (non-hydrogen) atoms. The van der Waals surface area contributed by atoms with E-state index in [1.165, 1.54) is 10.5 Å². The molecular formula is C16H27N3O2. The van der Waals surface area contributed by atoms with Gasteiger partial charge in [-0.05, 0) is 17.0 Å². The first kappa shape index (κ1) is 17.5. The molecular weight excluding hydrogens is 266 g/mol. The minimum atomic E-state index is -0.532. The van der Waals surface area contributed by atoms with Gasteiger partial charge >= 0.3 is 6.03 Å². The highest BCUT2D eigenvalue weighted by molar-refractivity contribution is 5.73. The molecule has 1 aromatic carbocycles. The molecule has 0 aromatic heterocycles. The molecule has 0 aliphatic carbocycles. The molecule has 0 aliphatic rings. The van der Waals surface area contributed by atoms with Crippen molar-refractivity contribution in [2.75, 3.05) is 33.7 Å². The smallest absolute Gasteiger partial charge is 0.316 e. The quantitative estimate of drug-likeness (QED) is 0.671. The van der Waals surface area contributed by atoms with Gasteiger partial charge in [-0.2, -0.15) is 0 Å². The van der Waals surface area contributed by atoms with Crippen LogP contribution in [0.25, 0.3) is 0 Å². The van der Waals surface area contributed by atoms with Crippen molar-refractivity contribution >= 4 is 6.03 Å². The van der Waals surface area contributed by atoms with Crippen molar-refractivity contribution in [2.24, 2.45) is 0 Å². The molecule has 0 saturated heterocycles. The fourth-order valence-corrected chi connectivity index (χ4v) is 1.88. The van der Waals surface area contributed by atoms with E-state index in [1.54, 1.807) is 14.1 Å². The lowest BCUT2D eigenvalue weighted by molar-refractivity contribution is 0.175. The van der Waals surface area contributed by atoms with Gasteiger partial charge in [-0.3, -0.25) is 0 Å². The van der Waals surface area contributed by atoms with Gasteiger partial charge in [-0.1, -0.05) is 38.1 Å². The van der Waals surface area contributed by atoms with E-state index in [9.17, 15) is 9.90 Å². The Bertz CT molecular complexity index is 430. The Kier molecular flexibility index (Phi) is 7.19. The van der Waals surface area contributed by atoms with Crippen LogP contribution in [0.5, 0.6) is 0 Å². The summed E-state index contributed by atoms with van der Waals surface area (Å²) >= 11 is 0. The summed E-state index contributed by atoms with van der Waals surface area (Å²) in [6.07, 6.45) is -0.532. The maximum absolute atomic E-state index is 11.3.